The van der Waals surface area contributed by atoms with Crippen LogP contribution in [0.3, 0.4) is 0 Å². The summed E-state index contributed by atoms with van der Waals surface area (Å²) in [4.78, 5) is 18.9. The Morgan fingerprint density at radius 1 is 1.29 bits per heavy atom. The Balaban J connectivity index is 0.00000256. The van der Waals surface area contributed by atoms with Gasteiger partial charge in [0.1, 0.15) is 5.75 Å². The van der Waals surface area contributed by atoms with Crippen molar-refractivity contribution in [3.63, 3.8) is 0 Å². The minimum Gasteiger partial charge on any atom is -0.498 e. The maximum absolute atomic E-state index is 10.5. The molecule has 1 rings (SSSR count). The monoisotopic (exact) mass is 328 g/mol. The molecule has 0 aliphatic heterocycles. The van der Waals surface area contributed by atoms with Crippen molar-refractivity contribution in [2.45, 2.75) is 0 Å². The molecule has 0 saturated carbocycles. The second kappa shape index (κ2) is 7.29. The SMILES string of the molecule is COc1ccc([C-]([N+](=O)[O-])[N+](=O)[O-])cc1Br.[K+]. The predicted octanol–water partition coefficient (Wildman–Crippen LogP) is -1.15. The van der Waals surface area contributed by atoms with Crippen molar-refractivity contribution >= 4 is 15.9 Å². The first-order valence-corrected chi connectivity index (χ1v) is 4.76. The molecule has 17 heavy (non-hydrogen) atoms. The van der Waals surface area contributed by atoms with Gasteiger partial charge >= 0.3 is 57.6 Å². The molecule has 1 aromatic rings. The van der Waals surface area contributed by atoms with Crippen molar-refractivity contribution in [2.24, 2.45) is 0 Å². The van der Waals surface area contributed by atoms with Crippen molar-refractivity contribution in [2.75, 3.05) is 7.11 Å². The molecule has 0 unspecified atom stereocenters. The standard InChI is InChI=1S/C8H6BrN2O5.K/c1-16-7-3-2-5(4-6(7)9)8(10(12)13)11(14)15;/h2-4H,1H3;/q-1;+1. The van der Waals surface area contributed by atoms with E-state index in [4.69, 9.17) is 4.74 Å². The Kier molecular flexibility index (Phi) is 7.20. The van der Waals surface area contributed by atoms with E-state index in [0.717, 1.165) is 0 Å². The first kappa shape index (κ1) is 16.8. The van der Waals surface area contributed by atoms with Crippen molar-refractivity contribution in [3.05, 3.63) is 54.6 Å². The molecule has 0 bridgehead atoms. The quantitative estimate of drug-likeness (QED) is 0.301. The number of halogens is 1. The van der Waals surface area contributed by atoms with E-state index in [9.17, 15) is 20.2 Å². The van der Waals surface area contributed by atoms with Gasteiger partial charge in [0, 0.05) is 4.47 Å². The number of hydrogen-bond acceptors (Lipinski definition) is 5. The van der Waals surface area contributed by atoms with Crippen molar-refractivity contribution in [3.8, 4) is 5.75 Å². The average molecular weight is 329 g/mol. The minimum absolute atomic E-state index is 0. The third kappa shape index (κ3) is 4.19. The van der Waals surface area contributed by atoms with Gasteiger partial charge in [-0.3, -0.25) is 20.2 Å². The second-order valence-electron chi connectivity index (χ2n) is 2.69. The largest absolute Gasteiger partial charge is 1.00 e. The molecular weight excluding hydrogens is 323 g/mol. The third-order valence-corrected chi connectivity index (χ3v) is 2.38. The van der Waals surface area contributed by atoms with Crippen LogP contribution >= 0.6 is 15.9 Å². The van der Waals surface area contributed by atoms with Gasteiger partial charge in [-0.05, 0) is 5.56 Å². The van der Waals surface area contributed by atoms with Gasteiger partial charge in [0.2, 0.25) is 0 Å². The first-order valence-electron chi connectivity index (χ1n) is 3.97. The summed E-state index contributed by atoms with van der Waals surface area (Å²) in [6, 6.07) is 3.93. The molecule has 0 aromatic heterocycles. The third-order valence-electron chi connectivity index (χ3n) is 1.76. The molecule has 7 nitrogen and oxygen atoms in total. The van der Waals surface area contributed by atoms with Gasteiger partial charge in [-0.1, -0.05) is 22.0 Å². The molecule has 0 atom stereocenters. The summed E-state index contributed by atoms with van der Waals surface area (Å²) in [5.41, 5.74) is -0.0947. The summed E-state index contributed by atoms with van der Waals surface area (Å²) in [7, 11) is 1.42. The fourth-order valence-electron chi connectivity index (χ4n) is 1.08. The molecule has 0 fully saturated rings. The van der Waals surface area contributed by atoms with E-state index in [-0.39, 0.29) is 56.9 Å². The molecule has 0 spiro atoms. The molecule has 0 saturated heterocycles. The van der Waals surface area contributed by atoms with Crippen LogP contribution in [0.2, 0.25) is 0 Å². The summed E-state index contributed by atoms with van der Waals surface area (Å²) in [5.74, 6) is 0.440. The van der Waals surface area contributed by atoms with Crippen LogP contribution in [-0.4, -0.2) is 17.0 Å². The van der Waals surface area contributed by atoms with Gasteiger partial charge in [0.05, 0.1) is 17.0 Å². The number of hydrogen-bond donors (Lipinski definition) is 0. The summed E-state index contributed by atoms with van der Waals surface area (Å²) in [5, 5.41) is 21.0. The molecule has 0 amide bonds. The summed E-state index contributed by atoms with van der Waals surface area (Å²) in [6.45, 7) is 0. The zero-order valence-corrected chi connectivity index (χ0v) is 13.8. The van der Waals surface area contributed by atoms with Crippen LogP contribution in [0.5, 0.6) is 5.75 Å². The molecule has 0 aliphatic carbocycles. The fraction of sp³-hybridized carbons (Fsp3) is 0.125. The zero-order chi connectivity index (χ0) is 12.3. The summed E-state index contributed by atoms with van der Waals surface area (Å²) >= 11 is 3.09. The number of ether oxygens (including phenoxy) is 1. The fourth-order valence-corrected chi connectivity index (χ4v) is 1.62. The Labute approximate surface area is 147 Å². The zero-order valence-electron chi connectivity index (χ0n) is 9.05. The van der Waals surface area contributed by atoms with Crippen LogP contribution < -0.4 is 56.1 Å². The normalized spacial score (nSPS) is 9.06. The van der Waals surface area contributed by atoms with E-state index < -0.39 is 16.0 Å². The molecule has 0 N–H and O–H groups in total. The van der Waals surface area contributed by atoms with Crippen molar-refractivity contribution < 1.29 is 66.0 Å². The van der Waals surface area contributed by atoms with E-state index in [2.05, 4.69) is 15.9 Å². The number of nitro groups is 2. The second-order valence-corrected chi connectivity index (χ2v) is 3.54. The van der Waals surface area contributed by atoms with Gasteiger partial charge in [-0.2, -0.15) is 0 Å². The Morgan fingerprint density at radius 2 is 1.82 bits per heavy atom. The van der Waals surface area contributed by atoms with Crippen LogP contribution in [0, 0.1) is 26.4 Å². The van der Waals surface area contributed by atoms with Gasteiger partial charge in [-0.25, -0.2) is 0 Å². The number of nitrogens with zero attached hydrogens (tertiary/aromatic N) is 2. The number of methoxy groups -OCH3 is 1. The van der Waals surface area contributed by atoms with E-state index in [0.29, 0.717) is 10.2 Å². The minimum atomic E-state index is -1.07. The van der Waals surface area contributed by atoms with Crippen LogP contribution in [0.1, 0.15) is 5.56 Å². The van der Waals surface area contributed by atoms with E-state index in [1.807, 2.05) is 0 Å². The van der Waals surface area contributed by atoms with Crippen molar-refractivity contribution in [1.82, 2.24) is 0 Å². The number of rotatable bonds is 4. The Hall–Kier alpha value is -0.194. The van der Waals surface area contributed by atoms with E-state index in [1.54, 1.807) is 0 Å². The Bertz CT molecular complexity index is 428. The maximum Gasteiger partial charge on any atom is 1.00 e. The average Bonchev–Trinajstić information content (AvgIpc) is 2.16. The Morgan fingerprint density at radius 3 is 2.18 bits per heavy atom. The van der Waals surface area contributed by atoms with Gasteiger partial charge in [-0.15, -0.1) is 12.1 Å². The molecule has 86 valence electrons. The predicted molar refractivity (Wildman–Crippen MR) is 57.0 cm³/mol. The maximum atomic E-state index is 10.5. The van der Waals surface area contributed by atoms with Crippen LogP contribution in [0.15, 0.2) is 22.7 Å². The molecule has 9 heteroatoms. The van der Waals surface area contributed by atoms with Gasteiger partial charge in [0.15, 0.2) is 0 Å². The smallest absolute Gasteiger partial charge is 0.498 e. The van der Waals surface area contributed by atoms with Gasteiger partial charge in [0.25, 0.3) is 0 Å². The van der Waals surface area contributed by atoms with Crippen LogP contribution in [0.25, 0.3) is 0 Å². The molecule has 1 aromatic carbocycles. The van der Waals surface area contributed by atoms with E-state index >= 15 is 0 Å². The van der Waals surface area contributed by atoms with Gasteiger partial charge < -0.3 is 4.74 Å². The summed E-state index contributed by atoms with van der Waals surface area (Å²) in [6.07, 6.45) is -1.07. The number of benzene rings is 1. The molecule has 0 heterocycles. The topological polar surface area (TPSA) is 95.5 Å². The summed E-state index contributed by atoms with van der Waals surface area (Å²) < 4.78 is 5.32. The molecular formula is C8H6BrKN2O5. The van der Waals surface area contributed by atoms with Crippen LogP contribution in [0.4, 0.5) is 0 Å². The van der Waals surface area contributed by atoms with Crippen LogP contribution in [-0.2, 0) is 0 Å². The molecule has 0 radical (unpaired) electrons. The van der Waals surface area contributed by atoms with Crippen molar-refractivity contribution in [1.29, 1.82) is 0 Å². The first-order chi connectivity index (χ1) is 7.47. The molecule has 0 aliphatic rings. The van der Waals surface area contributed by atoms with E-state index in [1.165, 1.54) is 25.3 Å².